The second-order valence-corrected chi connectivity index (χ2v) is 5.95. The third-order valence-corrected chi connectivity index (χ3v) is 4.40. The number of aromatic nitrogens is 1. The Kier molecular flexibility index (Phi) is 4.42. The van der Waals surface area contributed by atoms with E-state index in [2.05, 4.69) is 16.4 Å². The summed E-state index contributed by atoms with van der Waals surface area (Å²) < 4.78 is 1.13. The number of anilines is 1. The number of hydrogen-bond donors (Lipinski definition) is 2. The highest BCUT2D eigenvalue weighted by molar-refractivity contribution is 7.22. The van der Waals surface area contributed by atoms with Crippen LogP contribution in [0.1, 0.15) is 11.1 Å². The standard InChI is InChI=1S/C14H18N4O2S/c1-8-4-5-9(2)13-12(8)17-14(21-13)18(3)7-11(20)16-6-10(15)19/h4-5H,6-7H2,1-3H3,(H2,15,19)(H,16,20). The number of primary amides is 1. The second kappa shape index (κ2) is 6.09. The lowest BCUT2D eigenvalue weighted by atomic mass is 10.1. The molecule has 2 rings (SSSR count). The number of nitrogens with zero attached hydrogens (tertiary/aromatic N) is 2. The summed E-state index contributed by atoms with van der Waals surface area (Å²) in [6.45, 7) is 4.05. The van der Waals surface area contributed by atoms with Gasteiger partial charge < -0.3 is 16.0 Å². The summed E-state index contributed by atoms with van der Waals surface area (Å²) in [5.41, 5.74) is 8.25. The van der Waals surface area contributed by atoms with Gasteiger partial charge >= 0.3 is 0 Å². The van der Waals surface area contributed by atoms with E-state index >= 15 is 0 Å². The zero-order valence-electron chi connectivity index (χ0n) is 12.3. The molecule has 0 saturated carbocycles. The van der Waals surface area contributed by atoms with E-state index in [0.717, 1.165) is 20.9 Å². The fourth-order valence-electron chi connectivity index (χ4n) is 1.94. The smallest absolute Gasteiger partial charge is 0.240 e. The molecule has 2 amide bonds. The summed E-state index contributed by atoms with van der Waals surface area (Å²) in [5, 5.41) is 3.24. The Labute approximate surface area is 127 Å². The summed E-state index contributed by atoms with van der Waals surface area (Å²) in [6, 6.07) is 4.11. The Morgan fingerprint density at radius 2 is 2.00 bits per heavy atom. The maximum absolute atomic E-state index is 11.7. The fraction of sp³-hybridized carbons (Fsp3) is 0.357. The van der Waals surface area contributed by atoms with Crippen LogP contribution in [-0.2, 0) is 9.59 Å². The molecule has 1 aromatic heterocycles. The van der Waals surface area contributed by atoms with Gasteiger partial charge in [-0.3, -0.25) is 9.59 Å². The predicted octanol–water partition coefficient (Wildman–Crippen LogP) is 0.951. The van der Waals surface area contributed by atoms with Gasteiger partial charge in [0, 0.05) is 7.05 Å². The molecular weight excluding hydrogens is 288 g/mol. The first-order valence-electron chi connectivity index (χ1n) is 6.51. The highest BCUT2D eigenvalue weighted by Crippen LogP contribution is 2.32. The van der Waals surface area contributed by atoms with Gasteiger partial charge in [0.15, 0.2) is 5.13 Å². The van der Waals surface area contributed by atoms with Gasteiger partial charge in [0.1, 0.15) is 0 Å². The molecule has 0 fully saturated rings. The SMILES string of the molecule is Cc1ccc(C)c2sc(N(C)CC(=O)NCC(N)=O)nc12. The van der Waals surface area contributed by atoms with Crippen molar-refractivity contribution in [3.8, 4) is 0 Å². The van der Waals surface area contributed by atoms with Gasteiger partial charge in [-0.05, 0) is 25.0 Å². The Hall–Kier alpha value is -2.15. The molecule has 0 aliphatic carbocycles. The maximum atomic E-state index is 11.7. The average Bonchev–Trinajstić information content (AvgIpc) is 2.87. The first kappa shape index (κ1) is 15.2. The topological polar surface area (TPSA) is 88.3 Å². The summed E-state index contributed by atoms with van der Waals surface area (Å²) in [6.07, 6.45) is 0. The molecule has 3 N–H and O–H groups in total. The summed E-state index contributed by atoms with van der Waals surface area (Å²) >= 11 is 1.56. The highest BCUT2D eigenvalue weighted by Gasteiger charge is 2.14. The first-order chi connectivity index (χ1) is 9.88. The molecule has 1 heterocycles. The van der Waals surface area contributed by atoms with Crippen LogP contribution in [0.5, 0.6) is 0 Å². The number of likely N-dealkylation sites (N-methyl/N-ethyl adjacent to an activating group) is 1. The lowest BCUT2D eigenvalue weighted by Gasteiger charge is -2.14. The van der Waals surface area contributed by atoms with Gasteiger partial charge in [0.2, 0.25) is 11.8 Å². The normalized spacial score (nSPS) is 10.6. The molecule has 7 heteroatoms. The van der Waals surface area contributed by atoms with Crippen LogP contribution in [0.15, 0.2) is 12.1 Å². The fourth-order valence-corrected chi connectivity index (χ4v) is 3.01. The van der Waals surface area contributed by atoms with Crippen LogP contribution >= 0.6 is 11.3 Å². The first-order valence-corrected chi connectivity index (χ1v) is 7.33. The lowest BCUT2D eigenvalue weighted by molar-refractivity contribution is -0.123. The van der Waals surface area contributed by atoms with Crippen molar-refractivity contribution in [2.24, 2.45) is 5.73 Å². The average molecular weight is 306 g/mol. The monoisotopic (exact) mass is 306 g/mol. The molecule has 0 aliphatic heterocycles. The van der Waals surface area contributed by atoms with Crippen LogP contribution in [0.4, 0.5) is 5.13 Å². The third kappa shape index (κ3) is 3.49. The number of carbonyl (C=O) groups excluding carboxylic acids is 2. The minimum atomic E-state index is -0.558. The van der Waals surface area contributed by atoms with E-state index < -0.39 is 5.91 Å². The van der Waals surface area contributed by atoms with E-state index in [1.165, 1.54) is 5.56 Å². The van der Waals surface area contributed by atoms with E-state index in [0.29, 0.717) is 0 Å². The van der Waals surface area contributed by atoms with Crippen LogP contribution < -0.4 is 16.0 Å². The molecule has 0 aliphatic rings. The van der Waals surface area contributed by atoms with Crippen molar-refractivity contribution in [2.75, 3.05) is 25.0 Å². The zero-order chi connectivity index (χ0) is 15.6. The molecule has 1 aromatic carbocycles. The summed E-state index contributed by atoms with van der Waals surface area (Å²) in [4.78, 5) is 28.7. The molecule has 0 radical (unpaired) electrons. The number of hydrogen-bond acceptors (Lipinski definition) is 5. The highest BCUT2D eigenvalue weighted by atomic mass is 32.1. The number of carbonyl (C=O) groups is 2. The molecule has 21 heavy (non-hydrogen) atoms. The van der Waals surface area contributed by atoms with Gasteiger partial charge in [0.25, 0.3) is 0 Å². The summed E-state index contributed by atoms with van der Waals surface area (Å²) in [7, 11) is 1.80. The Balaban J connectivity index is 2.14. The van der Waals surface area contributed by atoms with Crippen molar-refractivity contribution in [2.45, 2.75) is 13.8 Å². The lowest BCUT2D eigenvalue weighted by Crippen LogP contribution is -2.39. The molecule has 0 saturated heterocycles. The number of nitrogens with two attached hydrogens (primary N) is 1. The number of fused-ring (bicyclic) bond motifs is 1. The van der Waals surface area contributed by atoms with Crippen molar-refractivity contribution in [1.82, 2.24) is 10.3 Å². The van der Waals surface area contributed by atoms with Crippen molar-refractivity contribution < 1.29 is 9.59 Å². The van der Waals surface area contributed by atoms with Crippen LogP contribution in [0.2, 0.25) is 0 Å². The minimum Gasteiger partial charge on any atom is -0.368 e. The Bertz CT molecular complexity index is 657. The quantitative estimate of drug-likeness (QED) is 0.861. The number of benzene rings is 1. The molecule has 2 aromatic rings. The maximum Gasteiger partial charge on any atom is 0.240 e. The molecule has 0 bridgehead atoms. The molecular formula is C14H18N4O2S. The van der Waals surface area contributed by atoms with E-state index in [1.807, 2.05) is 19.9 Å². The Morgan fingerprint density at radius 1 is 1.33 bits per heavy atom. The number of aryl methyl sites for hydroxylation is 2. The van der Waals surface area contributed by atoms with E-state index in [1.54, 1.807) is 23.3 Å². The van der Waals surface area contributed by atoms with Crippen molar-refractivity contribution in [3.63, 3.8) is 0 Å². The van der Waals surface area contributed by atoms with E-state index in [4.69, 9.17) is 5.73 Å². The number of nitrogens with one attached hydrogen (secondary N) is 1. The van der Waals surface area contributed by atoms with Crippen LogP contribution in [-0.4, -0.2) is 36.9 Å². The summed E-state index contributed by atoms with van der Waals surface area (Å²) in [5.74, 6) is -0.818. The van der Waals surface area contributed by atoms with E-state index in [-0.39, 0.29) is 19.0 Å². The molecule has 0 atom stereocenters. The molecule has 0 unspecified atom stereocenters. The van der Waals surface area contributed by atoms with Gasteiger partial charge in [-0.15, -0.1) is 0 Å². The van der Waals surface area contributed by atoms with Gasteiger partial charge in [-0.2, -0.15) is 0 Å². The Morgan fingerprint density at radius 3 is 2.62 bits per heavy atom. The largest absolute Gasteiger partial charge is 0.368 e. The van der Waals surface area contributed by atoms with Gasteiger partial charge in [-0.25, -0.2) is 4.98 Å². The van der Waals surface area contributed by atoms with Crippen LogP contribution in [0.25, 0.3) is 10.2 Å². The van der Waals surface area contributed by atoms with E-state index in [9.17, 15) is 9.59 Å². The van der Waals surface area contributed by atoms with Crippen LogP contribution in [0, 0.1) is 13.8 Å². The number of rotatable bonds is 5. The van der Waals surface area contributed by atoms with Crippen molar-refractivity contribution in [3.05, 3.63) is 23.3 Å². The molecule has 112 valence electrons. The minimum absolute atomic E-state index is 0.130. The number of amides is 2. The molecule has 6 nitrogen and oxygen atoms in total. The van der Waals surface area contributed by atoms with Crippen molar-refractivity contribution >= 4 is 38.5 Å². The van der Waals surface area contributed by atoms with Gasteiger partial charge in [0.05, 0.1) is 23.3 Å². The zero-order valence-corrected chi connectivity index (χ0v) is 13.1. The third-order valence-electron chi connectivity index (χ3n) is 3.10. The molecule has 0 spiro atoms. The van der Waals surface area contributed by atoms with Gasteiger partial charge in [-0.1, -0.05) is 23.5 Å². The predicted molar refractivity (Wildman–Crippen MR) is 84.6 cm³/mol. The van der Waals surface area contributed by atoms with Crippen LogP contribution in [0.3, 0.4) is 0 Å². The second-order valence-electron chi connectivity index (χ2n) is 4.97. The number of thiazole rings is 1. The van der Waals surface area contributed by atoms with Crippen molar-refractivity contribution in [1.29, 1.82) is 0 Å².